The maximum absolute atomic E-state index is 12.9. The minimum atomic E-state index is -3.94. The van der Waals surface area contributed by atoms with E-state index in [-0.39, 0.29) is 24.5 Å². The van der Waals surface area contributed by atoms with Gasteiger partial charge in [-0.25, -0.2) is 8.42 Å². The van der Waals surface area contributed by atoms with Gasteiger partial charge in [0.2, 0.25) is 10.0 Å². The molecule has 22 heavy (non-hydrogen) atoms. The Hall–Kier alpha value is -1.15. The number of benzene rings is 1. The van der Waals surface area contributed by atoms with Gasteiger partial charge in [-0.2, -0.15) is 4.31 Å². The van der Waals surface area contributed by atoms with Crippen LogP contribution in [0.4, 0.5) is 0 Å². The lowest BCUT2D eigenvalue weighted by atomic mass is 9.99. The molecular weight excluding hydrogens is 330 g/mol. The van der Waals surface area contributed by atoms with E-state index < -0.39 is 21.5 Å². The van der Waals surface area contributed by atoms with E-state index in [4.69, 9.17) is 16.3 Å². The van der Waals surface area contributed by atoms with Crippen molar-refractivity contribution in [2.24, 2.45) is 0 Å². The van der Waals surface area contributed by atoms with Crippen LogP contribution in [0.3, 0.4) is 0 Å². The predicted octanol–water partition coefficient (Wildman–Crippen LogP) is 1.90. The van der Waals surface area contributed by atoms with Crippen LogP contribution in [-0.4, -0.2) is 49.6 Å². The molecule has 0 spiro atoms. The van der Waals surface area contributed by atoms with Crippen molar-refractivity contribution >= 4 is 27.6 Å². The molecule has 1 atom stereocenters. The molecule has 1 aromatic carbocycles. The summed E-state index contributed by atoms with van der Waals surface area (Å²) in [5.74, 6) is -1.19. The highest BCUT2D eigenvalue weighted by Crippen LogP contribution is 2.36. The van der Waals surface area contributed by atoms with E-state index in [0.717, 1.165) is 4.31 Å². The first-order valence-corrected chi connectivity index (χ1v) is 8.59. The van der Waals surface area contributed by atoms with E-state index >= 15 is 0 Å². The van der Waals surface area contributed by atoms with Crippen LogP contribution in [0.5, 0.6) is 0 Å². The van der Waals surface area contributed by atoms with Crippen molar-refractivity contribution in [3.05, 3.63) is 28.8 Å². The molecule has 0 radical (unpaired) electrons. The Morgan fingerprint density at radius 3 is 2.73 bits per heavy atom. The summed E-state index contributed by atoms with van der Waals surface area (Å²) in [5.41, 5.74) is -0.934. The molecule has 0 saturated carbocycles. The molecule has 1 aliphatic rings. The third-order valence-corrected chi connectivity index (χ3v) is 6.31. The van der Waals surface area contributed by atoms with Crippen molar-refractivity contribution in [1.82, 2.24) is 4.31 Å². The number of hydrogen-bond acceptors (Lipinski definition) is 4. The zero-order valence-corrected chi connectivity index (χ0v) is 13.9. The van der Waals surface area contributed by atoms with Crippen molar-refractivity contribution in [3.8, 4) is 0 Å². The molecule has 1 unspecified atom stereocenters. The molecule has 0 aliphatic carbocycles. The van der Waals surface area contributed by atoms with Gasteiger partial charge in [-0.15, -0.1) is 0 Å². The number of carboxylic acids is 1. The normalized spacial score (nSPS) is 22.9. The number of aryl methyl sites for hydroxylation is 1. The van der Waals surface area contributed by atoms with Crippen molar-refractivity contribution in [1.29, 1.82) is 0 Å². The Labute approximate surface area is 134 Å². The molecule has 6 nitrogen and oxygen atoms in total. The van der Waals surface area contributed by atoms with E-state index in [1.807, 2.05) is 0 Å². The molecule has 122 valence electrons. The van der Waals surface area contributed by atoms with Gasteiger partial charge < -0.3 is 9.84 Å². The van der Waals surface area contributed by atoms with E-state index in [9.17, 15) is 18.3 Å². The molecule has 2 rings (SSSR count). The van der Waals surface area contributed by atoms with Crippen LogP contribution in [0.2, 0.25) is 5.02 Å². The lowest BCUT2D eigenvalue weighted by molar-refractivity contribution is -0.150. The molecule has 0 aromatic heterocycles. The van der Waals surface area contributed by atoms with Gasteiger partial charge in [-0.05, 0) is 43.5 Å². The van der Waals surface area contributed by atoms with E-state index in [0.29, 0.717) is 17.0 Å². The second-order valence-corrected chi connectivity index (χ2v) is 7.63. The highest BCUT2D eigenvalue weighted by Gasteiger charge is 2.53. The Balaban J connectivity index is 2.51. The number of carbonyl (C=O) groups is 1. The first kappa shape index (κ1) is 17.2. The van der Waals surface area contributed by atoms with Gasteiger partial charge in [0, 0.05) is 18.7 Å². The Morgan fingerprint density at radius 2 is 2.18 bits per heavy atom. The Bertz CT molecular complexity index is 690. The van der Waals surface area contributed by atoms with Crippen molar-refractivity contribution in [3.63, 3.8) is 0 Å². The number of methoxy groups -OCH3 is 1. The van der Waals surface area contributed by atoms with Gasteiger partial charge in [0.25, 0.3) is 0 Å². The average molecular weight is 348 g/mol. The highest BCUT2D eigenvalue weighted by molar-refractivity contribution is 7.89. The molecule has 1 heterocycles. The highest BCUT2D eigenvalue weighted by atomic mass is 35.5. The zero-order chi connectivity index (χ0) is 16.5. The topological polar surface area (TPSA) is 83.9 Å². The quantitative estimate of drug-likeness (QED) is 0.879. The molecule has 1 saturated heterocycles. The first-order chi connectivity index (χ1) is 10.3. The van der Waals surface area contributed by atoms with Gasteiger partial charge >= 0.3 is 5.97 Å². The maximum atomic E-state index is 12.9. The van der Waals surface area contributed by atoms with Gasteiger partial charge in [0.05, 0.1) is 11.5 Å². The molecule has 1 aromatic rings. The number of halogens is 1. The van der Waals surface area contributed by atoms with Crippen LogP contribution in [0.15, 0.2) is 23.1 Å². The SMILES string of the molecule is COCC1(C(=O)O)CCCN1S(=O)(=O)c1ccc(Cl)c(C)c1. The summed E-state index contributed by atoms with van der Waals surface area (Å²) in [6, 6.07) is 4.34. The lowest BCUT2D eigenvalue weighted by Crippen LogP contribution is -2.55. The molecular formula is C14H18ClNO5S. The fraction of sp³-hybridized carbons (Fsp3) is 0.500. The summed E-state index contributed by atoms with van der Waals surface area (Å²) < 4.78 is 31.7. The number of sulfonamides is 1. The van der Waals surface area contributed by atoms with Crippen molar-refractivity contribution in [2.45, 2.75) is 30.2 Å². The van der Waals surface area contributed by atoms with Crippen LogP contribution < -0.4 is 0 Å². The fourth-order valence-corrected chi connectivity index (χ4v) is 4.76. The largest absolute Gasteiger partial charge is 0.480 e. The lowest BCUT2D eigenvalue weighted by Gasteiger charge is -2.33. The molecule has 1 N–H and O–H groups in total. The predicted molar refractivity (Wildman–Crippen MR) is 81.6 cm³/mol. The summed E-state index contributed by atoms with van der Waals surface area (Å²) in [6.45, 7) is 1.67. The second-order valence-electron chi connectivity index (χ2n) is 5.36. The molecule has 1 fully saturated rings. The van der Waals surface area contributed by atoms with Crippen LogP contribution in [0, 0.1) is 6.92 Å². The van der Waals surface area contributed by atoms with E-state index in [1.54, 1.807) is 6.92 Å². The van der Waals surface area contributed by atoms with Gasteiger partial charge in [-0.3, -0.25) is 4.79 Å². The zero-order valence-electron chi connectivity index (χ0n) is 12.4. The molecule has 0 bridgehead atoms. The van der Waals surface area contributed by atoms with Crippen molar-refractivity contribution < 1.29 is 23.1 Å². The van der Waals surface area contributed by atoms with Crippen molar-refractivity contribution in [2.75, 3.05) is 20.3 Å². The van der Waals surface area contributed by atoms with Crippen LogP contribution >= 0.6 is 11.6 Å². The van der Waals surface area contributed by atoms with Crippen LogP contribution in [0.25, 0.3) is 0 Å². The maximum Gasteiger partial charge on any atom is 0.327 e. The average Bonchev–Trinajstić information content (AvgIpc) is 2.88. The van der Waals surface area contributed by atoms with Gasteiger partial charge in [0.15, 0.2) is 5.54 Å². The number of hydrogen-bond donors (Lipinski definition) is 1. The van der Waals surface area contributed by atoms with E-state index in [1.165, 1.54) is 25.3 Å². The Morgan fingerprint density at radius 1 is 1.50 bits per heavy atom. The number of carboxylic acid groups (broad SMARTS) is 1. The summed E-state index contributed by atoms with van der Waals surface area (Å²) in [7, 11) is -2.58. The summed E-state index contributed by atoms with van der Waals surface area (Å²) in [4.78, 5) is 11.8. The molecule has 1 aliphatic heterocycles. The van der Waals surface area contributed by atoms with Crippen LogP contribution in [0.1, 0.15) is 18.4 Å². The molecule has 8 heteroatoms. The summed E-state index contributed by atoms with van der Waals surface area (Å²) in [5, 5.41) is 10.0. The minimum absolute atomic E-state index is 0.0398. The monoisotopic (exact) mass is 347 g/mol. The number of nitrogens with zero attached hydrogens (tertiary/aromatic N) is 1. The standard InChI is InChI=1S/C14H18ClNO5S/c1-10-8-11(4-5-12(10)15)22(19,20)16-7-3-6-14(16,9-21-2)13(17)18/h4-5,8H,3,6-7,9H2,1-2H3,(H,17,18). The van der Waals surface area contributed by atoms with E-state index in [2.05, 4.69) is 0 Å². The van der Waals surface area contributed by atoms with Crippen LogP contribution in [-0.2, 0) is 19.6 Å². The third kappa shape index (κ3) is 2.74. The smallest absolute Gasteiger partial charge is 0.327 e. The van der Waals surface area contributed by atoms with Gasteiger partial charge in [-0.1, -0.05) is 11.6 Å². The summed E-state index contributed by atoms with van der Waals surface area (Å²) >= 11 is 5.92. The third-order valence-electron chi connectivity index (χ3n) is 3.93. The Kier molecular flexibility index (Phi) is 4.81. The number of rotatable bonds is 5. The second kappa shape index (κ2) is 6.16. The van der Waals surface area contributed by atoms with Gasteiger partial charge in [0.1, 0.15) is 0 Å². The molecule has 0 amide bonds. The summed E-state index contributed by atoms with van der Waals surface area (Å²) in [6.07, 6.45) is 0.698. The number of aliphatic carboxylic acids is 1. The fourth-order valence-electron chi connectivity index (χ4n) is 2.77. The number of ether oxygens (including phenoxy) is 1. The minimum Gasteiger partial charge on any atom is -0.480 e. The first-order valence-electron chi connectivity index (χ1n) is 6.77.